The van der Waals surface area contributed by atoms with E-state index in [0.29, 0.717) is 34.7 Å². The second-order valence-electron chi connectivity index (χ2n) is 4.34. The van der Waals surface area contributed by atoms with E-state index in [0.717, 1.165) is 18.0 Å². The normalized spacial score (nSPS) is 12.1. The monoisotopic (exact) mass is 293 g/mol. The second kappa shape index (κ2) is 6.42. The maximum Gasteiger partial charge on any atom is 0.352 e. The van der Waals surface area contributed by atoms with Gasteiger partial charge in [-0.05, 0) is 23.9 Å². The summed E-state index contributed by atoms with van der Waals surface area (Å²) in [5.41, 5.74) is 0.885. The van der Waals surface area contributed by atoms with E-state index in [-0.39, 0.29) is 0 Å². The Labute approximate surface area is 120 Å². The number of rotatable bonds is 6. The highest BCUT2D eigenvalue weighted by molar-refractivity contribution is 7.08. The summed E-state index contributed by atoms with van der Waals surface area (Å²) in [5, 5.41) is 3.91. The van der Waals surface area contributed by atoms with Crippen molar-refractivity contribution in [2.45, 2.75) is 20.3 Å². The van der Waals surface area contributed by atoms with Crippen LogP contribution in [0.2, 0.25) is 0 Å². The van der Waals surface area contributed by atoms with Gasteiger partial charge in [0, 0.05) is 6.92 Å². The lowest BCUT2D eigenvalue weighted by atomic mass is 10.1. The van der Waals surface area contributed by atoms with Crippen LogP contribution in [0.4, 0.5) is 0 Å². The van der Waals surface area contributed by atoms with E-state index in [4.69, 9.17) is 9.15 Å². The number of carbonyl (C=O) groups excluding carboxylic acids is 1. The van der Waals surface area contributed by atoms with Gasteiger partial charge < -0.3 is 9.15 Å². The Bertz CT molecular complexity index is 606. The van der Waals surface area contributed by atoms with Crippen LogP contribution in [0.1, 0.15) is 28.9 Å². The molecule has 0 spiro atoms. The molecule has 0 fully saturated rings. The lowest BCUT2D eigenvalue weighted by Gasteiger charge is -2.06. The van der Waals surface area contributed by atoms with Crippen LogP contribution in [-0.2, 0) is 4.74 Å². The highest BCUT2D eigenvalue weighted by atomic mass is 32.1. The first kappa shape index (κ1) is 14.4. The molecule has 2 aromatic heterocycles. The molecule has 6 nitrogen and oxygen atoms in total. The third kappa shape index (κ3) is 3.30. The molecule has 7 heteroatoms. The number of nitrogens with zero attached hydrogens (tertiary/aromatic N) is 3. The first-order valence-corrected chi connectivity index (χ1v) is 6.93. The fourth-order valence-electron chi connectivity index (χ4n) is 1.49. The molecule has 2 aromatic rings. The summed E-state index contributed by atoms with van der Waals surface area (Å²) in [7, 11) is 0. The van der Waals surface area contributed by atoms with E-state index in [1.807, 2.05) is 13.0 Å². The van der Waals surface area contributed by atoms with Crippen LogP contribution in [0.3, 0.4) is 0 Å². The molecule has 0 aromatic carbocycles. The van der Waals surface area contributed by atoms with Crippen LogP contribution < -0.4 is 0 Å². The SMILES string of the molecule is C=C[C@@H](C)CCOC(=O)c1snnc1-c1coc(C)n1. The number of oxazole rings is 1. The predicted octanol–water partition coefficient (Wildman–Crippen LogP) is 2.87. The standard InChI is InChI=1S/C13H15N3O3S/c1-4-8(2)5-6-18-13(17)12-11(15-16-20-12)10-7-19-9(3)14-10/h4,7-8H,1,5-6H2,2-3H3/t8-/m1/s1. The molecule has 20 heavy (non-hydrogen) atoms. The van der Waals surface area contributed by atoms with E-state index in [2.05, 4.69) is 21.1 Å². The van der Waals surface area contributed by atoms with Gasteiger partial charge in [0.2, 0.25) is 0 Å². The van der Waals surface area contributed by atoms with Crippen molar-refractivity contribution < 1.29 is 13.9 Å². The molecular weight excluding hydrogens is 278 g/mol. The summed E-state index contributed by atoms with van der Waals surface area (Å²) >= 11 is 0.989. The minimum absolute atomic E-state index is 0.306. The van der Waals surface area contributed by atoms with Crippen molar-refractivity contribution in [1.82, 2.24) is 14.6 Å². The average Bonchev–Trinajstić information content (AvgIpc) is 3.06. The third-order valence-electron chi connectivity index (χ3n) is 2.74. The first-order chi connectivity index (χ1) is 9.61. The zero-order chi connectivity index (χ0) is 14.5. The number of allylic oxidation sites excluding steroid dienone is 1. The molecule has 0 saturated carbocycles. The highest BCUT2D eigenvalue weighted by Crippen LogP contribution is 2.24. The predicted molar refractivity (Wildman–Crippen MR) is 74.4 cm³/mol. The van der Waals surface area contributed by atoms with Crippen LogP contribution in [0.25, 0.3) is 11.4 Å². The van der Waals surface area contributed by atoms with Gasteiger partial charge in [-0.25, -0.2) is 9.78 Å². The summed E-state index contributed by atoms with van der Waals surface area (Å²) in [6.07, 6.45) is 4.01. The molecule has 1 atom stereocenters. The van der Waals surface area contributed by atoms with Crippen LogP contribution in [0, 0.1) is 12.8 Å². The van der Waals surface area contributed by atoms with Crippen molar-refractivity contribution in [1.29, 1.82) is 0 Å². The molecule has 2 rings (SSSR count). The van der Waals surface area contributed by atoms with Crippen LogP contribution in [-0.4, -0.2) is 27.1 Å². The number of aromatic nitrogens is 3. The minimum atomic E-state index is -0.438. The van der Waals surface area contributed by atoms with Crippen molar-refractivity contribution in [2.75, 3.05) is 6.61 Å². The fraction of sp³-hybridized carbons (Fsp3) is 0.385. The smallest absolute Gasteiger partial charge is 0.352 e. The van der Waals surface area contributed by atoms with E-state index in [1.54, 1.807) is 6.92 Å². The number of esters is 1. The van der Waals surface area contributed by atoms with Crippen LogP contribution in [0.5, 0.6) is 0 Å². The molecule has 0 bridgehead atoms. The number of aryl methyl sites for hydroxylation is 1. The summed E-state index contributed by atoms with van der Waals surface area (Å²) in [4.78, 5) is 16.5. The molecule has 2 heterocycles. The summed E-state index contributed by atoms with van der Waals surface area (Å²) in [6.45, 7) is 7.75. The number of hydrogen-bond donors (Lipinski definition) is 0. The van der Waals surface area contributed by atoms with Gasteiger partial charge in [0.05, 0.1) is 6.61 Å². The van der Waals surface area contributed by atoms with Gasteiger partial charge in [-0.2, -0.15) is 0 Å². The van der Waals surface area contributed by atoms with Gasteiger partial charge >= 0.3 is 5.97 Å². The Kier molecular flexibility index (Phi) is 4.62. The van der Waals surface area contributed by atoms with E-state index in [1.165, 1.54) is 6.26 Å². The molecule has 0 saturated heterocycles. The number of hydrogen-bond acceptors (Lipinski definition) is 7. The molecule has 0 aliphatic carbocycles. The van der Waals surface area contributed by atoms with Gasteiger partial charge in [0.1, 0.15) is 17.7 Å². The van der Waals surface area contributed by atoms with Crippen molar-refractivity contribution in [3.8, 4) is 11.4 Å². The second-order valence-corrected chi connectivity index (χ2v) is 5.09. The molecule has 0 amide bonds. The van der Waals surface area contributed by atoms with Gasteiger partial charge in [0.15, 0.2) is 10.8 Å². The maximum atomic E-state index is 12.0. The zero-order valence-corrected chi connectivity index (χ0v) is 12.1. The Morgan fingerprint density at radius 1 is 1.65 bits per heavy atom. The van der Waals surface area contributed by atoms with E-state index in [9.17, 15) is 4.79 Å². The topological polar surface area (TPSA) is 78.1 Å². The summed E-state index contributed by atoms with van der Waals surface area (Å²) < 4.78 is 14.1. The molecule has 0 N–H and O–H groups in total. The Morgan fingerprint density at radius 3 is 3.10 bits per heavy atom. The van der Waals surface area contributed by atoms with Gasteiger partial charge in [-0.15, -0.1) is 11.7 Å². The summed E-state index contributed by atoms with van der Waals surface area (Å²) in [6, 6.07) is 0. The number of ether oxygens (including phenoxy) is 1. The molecule has 106 valence electrons. The number of carbonyl (C=O) groups is 1. The maximum absolute atomic E-state index is 12.0. The molecular formula is C13H15N3O3S. The Morgan fingerprint density at radius 2 is 2.45 bits per heavy atom. The zero-order valence-electron chi connectivity index (χ0n) is 11.3. The first-order valence-electron chi connectivity index (χ1n) is 6.16. The quantitative estimate of drug-likeness (QED) is 0.602. The lowest BCUT2D eigenvalue weighted by molar-refractivity contribution is 0.0498. The third-order valence-corrected chi connectivity index (χ3v) is 3.45. The largest absolute Gasteiger partial charge is 0.461 e. The Hall–Kier alpha value is -2.02. The Balaban J connectivity index is 2.04. The van der Waals surface area contributed by atoms with Crippen LogP contribution in [0.15, 0.2) is 23.3 Å². The van der Waals surface area contributed by atoms with Crippen molar-refractivity contribution in [3.05, 3.63) is 29.7 Å². The fourth-order valence-corrected chi connectivity index (χ4v) is 2.05. The van der Waals surface area contributed by atoms with Crippen LogP contribution >= 0.6 is 11.5 Å². The van der Waals surface area contributed by atoms with Gasteiger partial charge in [0.25, 0.3) is 0 Å². The summed E-state index contributed by atoms with van der Waals surface area (Å²) in [5.74, 6) is 0.374. The van der Waals surface area contributed by atoms with Crippen molar-refractivity contribution in [2.24, 2.45) is 5.92 Å². The molecule has 0 radical (unpaired) electrons. The van der Waals surface area contributed by atoms with Crippen molar-refractivity contribution >= 4 is 17.5 Å². The molecule has 0 aliphatic heterocycles. The molecule has 0 aliphatic rings. The average molecular weight is 293 g/mol. The van der Waals surface area contributed by atoms with Gasteiger partial charge in [-0.1, -0.05) is 17.5 Å². The lowest BCUT2D eigenvalue weighted by Crippen LogP contribution is -2.08. The van der Waals surface area contributed by atoms with E-state index < -0.39 is 5.97 Å². The van der Waals surface area contributed by atoms with Gasteiger partial charge in [-0.3, -0.25) is 0 Å². The van der Waals surface area contributed by atoms with Crippen molar-refractivity contribution in [3.63, 3.8) is 0 Å². The highest BCUT2D eigenvalue weighted by Gasteiger charge is 2.21. The molecule has 0 unspecified atom stereocenters. The minimum Gasteiger partial charge on any atom is -0.461 e. The van der Waals surface area contributed by atoms with E-state index >= 15 is 0 Å².